The van der Waals surface area contributed by atoms with Crippen molar-refractivity contribution in [3.63, 3.8) is 0 Å². The second-order valence-corrected chi connectivity index (χ2v) is 6.24. The number of carbonyl (C=O) groups is 1. The number of amides is 1. The van der Waals surface area contributed by atoms with Crippen LogP contribution >= 0.6 is 0 Å². The summed E-state index contributed by atoms with van der Waals surface area (Å²) < 4.78 is 7.23. The SMILES string of the molecule is Cc1cc2occ(CC(=O)Nc3cccnc3-n3cccn3)c2cc1C. The number of aromatic nitrogens is 3. The summed E-state index contributed by atoms with van der Waals surface area (Å²) >= 11 is 0. The number of fused-ring (bicyclic) bond motifs is 1. The van der Waals surface area contributed by atoms with Crippen molar-refractivity contribution in [2.75, 3.05) is 5.32 Å². The number of benzene rings is 1. The molecule has 4 rings (SSSR count). The molecule has 0 aliphatic carbocycles. The van der Waals surface area contributed by atoms with E-state index in [1.807, 2.05) is 25.1 Å². The first-order valence-electron chi connectivity index (χ1n) is 8.34. The predicted molar refractivity (Wildman–Crippen MR) is 99.4 cm³/mol. The fourth-order valence-corrected chi connectivity index (χ4v) is 2.91. The summed E-state index contributed by atoms with van der Waals surface area (Å²) in [6, 6.07) is 9.46. The van der Waals surface area contributed by atoms with Crippen LogP contribution in [0.15, 0.2) is 59.6 Å². The van der Waals surface area contributed by atoms with E-state index < -0.39 is 0 Å². The smallest absolute Gasteiger partial charge is 0.229 e. The molecule has 6 nitrogen and oxygen atoms in total. The Labute approximate surface area is 150 Å². The minimum absolute atomic E-state index is 0.132. The number of pyridine rings is 1. The number of carbonyl (C=O) groups excluding carboxylic acids is 1. The van der Waals surface area contributed by atoms with E-state index in [1.165, 1.54) is 11.1 Å². The Morgan fingerprint density at radius 1 is 1.19 bits per heavy atom. The van der Waals surface area contributed by atoms with E-state index >= 15 is 0 Å². The van der Waals surface area contributed by atoms with E-state index in [0.717, 1.165) is 16.5 Å². The van der Waals surface area contributed by atoms with Gasteiger partial charge in [-0.3, -0.25) is 4.79 Å². The first kappa shape index (κ1) is 16.1. The van der Waals surface area contributed by atoms with Crippen LogP contribution in [-0.2, 0) is 11.2 Å². The van der Waals surface area contributed by atoms with Crippen molar-refractivity contribution in [3.8, 4) is 5.82 Å². The summed E-state index contributed by atoms with van der Waals surface area (Å²) in [7, 11) is 0. The number of rotatable bonds is 4. The summed E-state index contributed by atoms with van der Waals surface area (Å²) in [6.07, 6.45) is 7.00. The zero-order chi connectivity index (χ0) is 18.1. The minimum atomic E-state index is -0.132. The highest BCUT2D eigenvalue weighted by Gasteiger charge is 2.14. The third-order valence-corrected chi connectivity index (χ3v) is 4.40. The van der Waals surface area contributed by atoms with E-state index in [0.29, 0.717) is 11.5 Å². The molecule has 3 aromatic heterocycles. The summed E-state index contributed by atoms with van der Waals surface area (Å²) in [6.45, 7) is 4.10. The predicted octanol–water partition coefficient (Wildman–Crippen LogP) is 3.81. The molecule has 0 bridgehead atoms. The summed E-state index contributed by atoms with van der Waals surface area (Å²) in [4.78, 5) is 16.9. The molecular formula is C20H18N4O2. The van der Waals surface area contributed by atoms with Gasteiger partial charge < -0.3 is 9.73 Å². The highest BCUT2D eigenvalue weighted by atomic mass is 16.3. The Bertz CT molecular complexity index is 1080. The molecule has 1 aromatic carbocycles. The molecule has 0 fully saturated rings. The maximum Gasteiger partial charge on any atom is 0.229 e. The van der Waals surface area contributed by atoms with E-state index in [4.69, 9.17) is 4.42 Å². The average Bonchev–Trinajstić information content (AvgIpc) is 3.27. The number of aryl methyl sites for hydroxylation is 2. The Morgan fingerprint density at radius 2 is 2.04 bits per heavy atom. The van der Waals surface area contributed by atoms with Crippen LogP contribution in [0.3, 0.4) is 0 Å². The maximum atomic E-state index is 12.6. The van der Waals surface area contributed by atoms with E-state index in [1.54, 1.807) is 35.6 Å². The van der Waals surface area contributed by atoms with Gasteiger partial charge in [-0.2, -0.15) is 5.10 Å². The molecule has 0 radical (unpaired) electrons. The normalized spacial score (nSPS) is 11.0. The Kier molecular flexibility index (Phi) is 4.01. The lowest BCUT2D eigenvalue weighted by atomic mass is 10.0. The van der Waals surface area contributed by atoms with Gasteiger partial charge in [0.2, 0.25) is 5.91 Å². The lowest BCUT2D eigenvalue weighted by molar-refractivity contribution is -0.115. The van der Waals surface area contributed by atoms with Crippen molar-refractivity contribution in [1.29, 1.82) is 0 Å². The third-order valence-electron chi connectivity index (χ3n) is 4.40. The van der Waals surface area contributed by atoms with Gasteiger partial charge in [0.15, 0.2) is 5.82 Å². The number of anilines is 1. The van der Waals surface area contributed by atoms with Crippen LogP contribution in [0.5, 0.6) is 0 Å². The summed E-state index contributed by atoms with van der Waals surface area (Å²) in [5.41, 5.74) is 4.62. The van der Waals surface area contributed by atoms with Gasteiger partial charge in [0.1, 0.15) is 5.58 Å². The van der Waals surface area contributed by atoms with Gasteiger partial charge in [0.25, 0.3) is 0 Å². The molecule has 0 saturated heterocycles. The van der Waals surface area contributed by atoms with Gasteiger partial charge in [-0.15, -0.1) is 0 Å². The topological polar surface area (TPSA) is 73.0 Å². The fourth-order valence-electron chi connectivity index (χ4n) is 2.91. The van der Waals surface area contributed by atoms with Gasteiger partial charge >= 0.3 is 0 Å². The van der Waals surface area contributed by atoms with Crippen LogP contribution in [0.2, 0.25) is 0 Å². The highest BCUT2D eigenvalue weighted by Crippen LogP contribution is 2.25. The molecule has 0 aliphatic heterocycles. The standard InChI is InChI=1S/C20H18N4O2/c1-13-9-16-15(12-26-18(16)10-14(13)2)11-19(25)23-17-5-3-6-21-20(17)24-8-4-7-22-24/h3-10,12H,11H2,1-2H3,(H,23,25). The lowest BCUT2D eigenvalue weighted by Gasteiger charge is -2.09. The van der Waals surface area contributed by atoms with Crippen molar-refractivity contribution < 1.29 is 9.21 Å². The molecule has 3 heterocycles. The van der Waals surface area contributed by atoms with E-state index in [-0.39, 0.29) is 12.3 Å². The van der Waals surface area contributed by atoms with E-state index in [2.05, 4.69) is 28.4 Å². The van der Waals surface area contributed by atoms with Crippen molar-refractivity contribution in [3.05, 3.63) is 71.9 Å². The molecule has 0 saturated carbocycles. The average molecular weight is 346 g/mol. The van der Waals surface area contributed by atoms with Crippen molar-refractivity contribution in [2.45, 2.75) is 20.3 Å². The molecule has 1 amide bonds. The molecular weight excluding hydrogens is 328 g/mol. The van der Waals surface area contributed by atoms with Gasteiger partial charge in [-0.1, -0.05) is 0 Å². The van der Waals surface area contributed by atoms with Crippen molar-refractivity contribution in [1.82, 2.24) is 14.8 Å². The largest absolute Gasteiger partial charge is 0.464 e. The first-order chi connectivity index (χ1) is 12.6. The minimum Gasteiger partial charge on any atom is -0.464 e. The summed E-state index contributed by atoms with van der Waals surface area (Å²) in [5, 5.41) is 8.07. The van der Waals surface area contributed by atoms with Crippen LogP contribution < -0.4 is 5.32 Å². The summed E-state index contributed by atoms with van der Waals surface area (Å²) in [5.74, 6) is 0.446. The van der Waals surface area contributed by atoms with Crippen molar-refractivity contribution in [2.24, 2.45) is 0 Å². The zero-order valence-electron chi connectivity index (χ0n) is 14.6. The third kappa shape index (κ3) is 2.97. The molecule has 0 unspecified atom stereocenters. The van der Waals surface area contributed by atoms with Crippen LogP contribution in [0, 0.1) is 13.8 Å². The molecule has 130 valence electrons. The van der Waals surface area contributed by atoms with Gasteiger partial charge in [-0.05, 0) is 55.3 Å². The monoisotopic (exact) mass is 346 g/mol. The van der Waals surface area contributed by atoms with Crippen LogP contribution in [0.4, 0.5) is 5.69 Å². The highest BCUT2D eigenvalue weighted by molar-refractivity contribution is 5.96. The van der Waals surface area contributed by atoms with Crippen molar-refractivity contribution >= 4 is 22.6 Å². The fraction of sp³-hybridized carbons (Fsp3) is 0.150. The Hall–Kier alpha value is -3.41. The number of hydrogen-bond donors (Lipinski definition) is 1. The van der Waals surface area contributed by atoms with Crippen LogP contribution in [-0.4, -0.2) is 20.7 Å². The zero-order valence-corrected chi connectivity index (χ0v) is 14.6. The molecule has 26 heavy (non-hydrogen) atoms. The van der Waals surface area contributed by atoms with Gasteiger partial charge in [0.05, 0.1) is 18.4 Å². The number of nitrogens with one attached hydrogen (secondary N) is 1. The molecule has 0 atom stereocenters. The second kappa shape index (κ2) is 6.48. The maximum absolute atomic E-state index is 12.6. The Morgan fingerprint density at radius 3 is 2.85 bits per heavy atom. The molecule has 6 heteroatoms. The molecule has 4 aromatic rings. The molecule has 0 aliphatic rings. The second-order valence-electron chi connectivity index (χ2n) is 6.24. The number of nitrogens with zero attached hydrogens (tertiary/aromatic N) is 3. The molecule has 1 N–H and O–H groups in total. The first-order valence-corrected chi connectivity index (χ1v) is 8.34. The molecule has 0 spiro atoms. The van der Waals surface area contributed by atoms with Gasteiger partial charge in [-0.25, -0.2) is 9.67 Å². The lowest BCUT2D eigenvalue weighted by Crippen LogP contribution is -2.16. The number of hydrogen-bond acceptors (Lipinski definition) is 4. The van der Waals surface area contributed by atoms with Gasteiger partial charge in [0, 0.05) is 29.5 Å². The number of furan rings is 1. The Balaban J connectivity index is 1.58. The quantitative estimate of drug-likeness (QED) is 0.610. The van der Waals surface area contributed by atoms with Crippen LogP contribution in [0.25, 0.3) is 16.8 Å². The van der Waals surface area contributed by atoms with Crippen LogP contribution in [0.1, 0.15) is 16.7 Å². The van der Waals surface area contributed by atoms with E-state index in [9.17, 15) is 4.79 Å².